The van der Waals surface area contributed by atoms with Crippen LogP contribution in [-0.4, -0.2) is 62.0 Å². The second-order valence-corrected chi connectivity index (χ2v) is 9.72. The van der Waals surface area contributed by atoms with Gasteiger partial charge in [0.15, 0.2) is 0 Å². The summed E-state index contributed by atoms with van der Waals surface area (Å²) in [6, 6.07) is 5.48. The van der Waals surface area contributed by atoms with Crippen molar-refractivity contribution in [3.63, 3.8) is 0 Å². The van der Waals surface area contributed by atoms with Crippen molar-refractivity contribution >= 4 is 33.0 Å². The van der Waals surface area contributed by atoms with Crippen LogP contribution in [0.2, 0.25) is 0 Å². The van der Waals surface area contributed by atoms with Crippen LogP contribution in [0.25, 0.3) is 0 Å². The van der Waals surface area contributed by atoms with Crippen LogP contribution in [0.15, 0.2) is 34.1 Å². The van der Waals surface area contributed by atoms with Gasteiger partial charge in [-0.05, 0) is 30.7 Å². The number of hydrogen-bond donors (Lipinski definition) is 0. The van der Waals surface area contributed by atoms with E-state index in [2.05, 4.69) is 19.8 Å². The van der Waals surface area contributed by atoms with E-state index < -0.39 is 10.0 Å². The van der Waals surface area contributed by atoms with Gasteiger partial charge in [-0.15, -0.1) is 11.3 Å². The summed E-state index contributed by atoms with van der Waals surface area (Å²) < 4.78 is 27.3. The lowest BCUT2D eigenvalue weighted by molar-refractivity contribution is 0.384. The largest absolute Gasteiger partial charge is 0.356 e. The first kappa shape index (κ1) is 17.7. The molecule has 2 aliphatic rings. The van der Waals surface area contributed by atoms with Crippen molar-refractivity contribution in [3.05, 3.63) is 29.9 Å². The first-order valence-corrected chi connectivity index (χ1v) is 11.3. The van der Waals surface area contributed by atoms with E-state index in [1.165, 1.54) is 30.6 Å². The van der Waals surface area contributed by atoms with Gasteiger partial charge in [0.1, 0.15) is 22.2 Å². The minimum Gasteiger partial charge on any atom is -0.356 e. The number of anilines is 2. The molecule has 0 unspecified atom stereocenters. The molecule has 0 spiro atoms. The number of hydrogen-bond acceptors (Lipinski definition) is 7. The van der Waals surface area contributed by atoms with Gasteiger partial charge >= 0.3 is 0 Å². The Balaban J connectivity index is 1.43. The fraction of sp³-hybridized carbons (Fsp3) is 0.529. The van der Waals surface area contributed by atoms with Crippen LogP contribution >= 0.6 is 11.3 Å². The minimum absolute atomic E-state index is 0.417. The second-order valence-electron chi connectivity index (χ2n) is 6.61. The molecule has 2 aromatic rings. The van der Waals surface area contributed by atoms with E-state index in [0.29, 0.717) is 30.4 Å². The molecule has 0 aliphatic carbocycles. The lowest BCUT2D eigenvalue weighted by atomic mass is 10.1. The Hall–Kier alpha value is -1.71. The summed E-state index contributed by atoms with van der Waals surface area (Å²) in [5.74, 6) is 1.86. The summed E-state index contributed by atoms with van der Waals surface area (Å²) in [5, 5.41) is 1.80. The summed E-state index contributed by atoms with van der Waals surface area (Å²) in [7, 11) is -3.37. The highest BCUT2D eigenvalue weighted by Gasteiger charge is 2.29. The third-order valence-electron chi connectivity index (χ3n) is 4.97. The topological polar surface area (TPSA) is 69.6 Å². The van der Waals surface area contributed by atoms with Crippen molar-refractivity contribution in [1.82, 2.24) is 14.3 Å². The summed E-state index contributed by atoms with van der Waals surface area (Å²) in [5.41, 5.74) is 0. The van der Waals surface area contributed by atoms with E-state index in [1.807, 2.05) is 6.07 Å². The molecule has 7 nitrogen and oxygen atoms in total. The lowest BCUT2D eigenvalue weighted by Crippen LogP contribution is -2.48. The number of thiophene rings is 1. The van der Waals surface area contributed by atoms with Crippen LogP contribution in [0, 0.1) is 0 Å². The molecule has 0 radical (unpaired) electrons. The van der Waals surface area contributed by atoms with Gasteiger partial charge in [0.2, 0.25) is 0 Å². The van der Waals surface area contributed by atoms with Crippen LogP contribution in [0.5, 0.6) is 0 Å². The van der Waals surface area contributed by atoms with Crippen LogP contribution < -0.4 is 9.80 Å². The second kappa shape index (κ2) is 7.50. The maximum absolute atomic E-state index is 12.6. The van der Waals surface area contributed by atoms with Gasteiger partial charge in [-0.25, -0.2) is 18.4 Å². The van der Waals surface area contributed by atoms with E-state index in [-0.39, 0.29) is 0 Å². The number of rotatable bonds is 4. The van der Waals surface area contributed by atoms with Crippen molar-refractivity contribution in [3.8, 4) is 0 Å². The molecule has 2 aromatic heterocycles. The van der Waals surface area contributed by atoms with Crippen molar-refractivity contribution in [2.24, 2.45) is 0 Å². The first-order chi connectivity index (χ1) is 12.6. The van der Waals surface area contributed by atoms with Gasteiger partial charge in [0.25, 0.3) is 10.0 Å². The Labute approximate surface area is 158 Å². The molecule has 0 N–H and O–H groups in total. The van der Waals surface area contributed by atoms with E-state index in [4.69, 9.17) is 0 Å². The zero-order chi connectivity index (χ0) is 18.0. The normalized spacial score (nSPS) is 19.7. The quantitative estimate of drug-likeness (QED) is 0.792. The van der Waals surface area contributed by atoms with E-state index >= 15 is 0 Å². The molecule has 26 heavy (non-hydrogen) atoms. The zero-order valence-electron chi connectivity index (χ0n) is 14.6. The maximum Gasteiger partial charge on any atom is 0.252 e. The first-order valence-electron chi connectivity index (χ1n) is 9.00. The molecule has 0 atom stereocenters. The average molecular weight is 394 g/mol. The summed E-state index contributed by atoms with van der Waals surface area (Å²) in [6.45, 7) is 4.32. The number of nitrogens with zero attached hydrogens (tertiary/aromatic N) is 5. The van der Waals surface area contributed by atoms with Gasteiger partial charge < -0.3 is 9.80 Å². The van der Waals surface area contributed by atoms with E-state index in [0.717, 1.165) is 24.7 Å². The third-order valence-corrected chi connectivity index (χ3v) is 8.24. The zero-order valence-corrected chi connectivity index (χ0v) is 16.3. The molecule has 2 fully saturated rings. The van der Waals surface area contributed by atoms with Gasteiger partial charge in [-0.2, -0.15) is 4.31 Å². The standard InChI is InChI=1S/C17H23N5O2S2/c23-26(24,17-5-4-12-25-17)22-10-8-21(9-11-22)16-13-15(18-14-19-16)20-6-2-1-3-7-20/h4-5,12-14H,1-3,6-11H2. The summed E-state index contributed by atoms with van der Waals surface area (Å²) in [6.07, 6.45) is 5.32. The highest BCUT2D eigenvalue weighted by Crippen LogP contribution is 2.25. The minimum atomic E-state index is -3.37. The molecule has 0 aromatic carbocycles. The smallest absolute Gasteiger partial charge is 0.252 e. The van der Waals surface area contributed by atoms with Crippen LogP contribution in [0.1, 0.15) is 19.3 Å². The molecule has 2 saturated heterocycles. The number of aromatic nitrogens is 2. The van der Waals surface area contributed by atoms with Gasteiger partial charge in [-0.3, -0.25) is 0 Å². The van der Waals surface area contributed by atoms with E-state index in [9.17, 15) is 8.42 Å². The van der Waals surface area contributed by atoms with Gasteiger partial charge in [-0.1, -0.05) is 6.07 Å². The maximum atomic E-state index is 12.6. The Morgan fingerprint density at radius 3 is 2.15 bits per heavy atom. The van der Waals surface area contributed by atoms with Gasteiger partial charge in [0.05, 0.1) is 0 Å². The number of piperidine rings is 1. The summed E-state index contributed by atoms with van der Waals surface area (Å²) >= 11 is 1.27. The Morgan fingerprint density at radius 1 is 0.885 bits per heavy atom. The monoisotopic (exact) mass is 393 g/mol. The Bertz CT molecular complexity index is 827. The van der Waals surface area contributed by atoms with Crippen LogP contribution in [0.3, 0.4) is 0 Å². The molecule has 140 valence electrons. The molecule has 0 saturated carbocycles. The van der Waals surface area contributed by atoms with Crippen molar-refractivity contribution in [1.29, 1.82) is 0 Å². The van der Waals surface area contributed by atoms with Crippen LogP contribution in [0.4, 0.5) is 11.6 Å². The molecule has 0 bridgehead atoms. The molecule has 4 heterocycles. The highest BCUT2D eigenvalue weighted by atomic mass is 32.2. The summed E-state index contributed by atoms with van der Waals surface area (Å²) in [4.78, 5) is 13.3. The fourth-order valence-electron chi connectivity index (χ4n) is 3.50. The third kappa shape index (κ3) is 3.56. The molecule has 4 rings (SSSR count). The lowest BCUT2D eigenvalue weighted by Gasteiger charge is -2.35. The highest BCUT2D eigenvalue weighted by molar-refractivity contribution is 7.91. The average Bonchev–Trinajstić information content (AvgIpc) is 3.25. The SMILES string of the molecule is O=S(=O)(c1cccs1)N1CCN(c2cc(N3CCCCC3)ncn2)CC1. The predicted octanol–water partition coefficient (Wildman–Crippen LogP) is 2.04. The fourth-order valence-corrected chi connectivity index (χ4v) is 6.07. The predicted molar refractivity (Wildman–Crippen MR) is 103 cm³/mol. The van der Waals surface area contributed by atoms with Crippen molar-refractivity contribution in [2.75, 3.05) is 49.1 Å². The molecule has 0 amide bonds. The molecular formula is C17H23N5O2S2. The van der Waals surface area contributed by atoms with Crippen LogP contribution in [-0.2, 0) is 10.0 Å². The Kier molecular flexibility index (Phi) is 5.10. The van der Waals surface area contributed by atoms with Crippen molar-refractivity contribution in [2.45, 2.75) is 23.5 Å². The van der Waals surface area contributed by atoms with Crippen molar-refractivity contribution < 1.29 is 8.42 Å². The number of sulfonamides is 1. The molecule has 9 heteroatoms. The Morgan fingerprint density at radius 2 is 1.54 bits per heavy atom. The number of piperazine rings is 1. The van der Waals surface area contributed by atoms with E-state index in [1.54, 1.807) is 28.1 Å². The van der Waals surface area contributed by atoms with Gasteiger partial charge in [0, 0.05) is 45.3 Å². The molecule has 2 aliphatic heterocycles. The molecular weight excluding hydrogens is 370 g/mol.